The van der Waals surface area contributed by atoms with E-state index in [1.807, 2.05) is 50.0 Å². The minimum atomic E-state index is 0.0517. The SMILES string of the molecule is Cc1nc2c(c(C)nn2C)c(C)c1CCC(=O)N[C@H](C)c1cccs1. The zero-order valence-electron chi connectivity index (χ0n) is 15.4. The molecular weight excluding hydrogens is 332 g/mol. The summed E-state index contributed by atoms with van der Waals surface area (Å²) in [5.41, 5.74) is 5.22. The first-order chi connectivity index (χ1) is 11.9. The molecule has 0 spiro atoms. The van der Waals surface area contributed by atoms with Crippen LogP contribution < -0.4 is 5.32 Å². The Labute approximate surface area is 152 Å². The lowest BCUT2D eigenvalue weighted by atomic mass is 9.99. The maximum Gasteiger partial charge on any atom is 0.220 e. The van der Waals surface area contributed by atoms with Crippen molar-refractivity contribution in [3.63, 3.8) is 0 Å². The minimum Gasteiger partial charge on any atom is -0.349 e. The van der Waals surface area contributed by atoms with Crippen molar-refractivity contribution < 1.29 is 4.79 Å². The molecule has 132 valence electrons. The van der Waals surface area contributed by atoms with E-state index in [4.69, 9.17) is 4.98 Å². The summed E-state index contributed by atoms with van der Waals surface area (Å²) in [6, 6.07) is 4.11. The first-order valence-electron chi connectivity index (χ1n) is 8.50. The fraction of sp³-hybridized carbons (Fsp3) is 0.421. The van der Waals surface area contributed by atoms with Crippen molar-refractivity contribution in [3.05, 3.63) is 44.9 Å². The van der Waals surface area contributed by atoms with Gasteiger partial charge in [-0.1, -0.05) is 6.07 Å². The second-order valence-corrected chi connectivity index (χ2v) is 7.49. The van der Waals surface area contributed by atoms with E-state index in [9.17, 15) is 4.79 Å². The van der Waals surface area contributed by atoms with Gasteiger partial charge in [-0.25, -0.2) is 4.98 Å². The smallest absolute Gasteiger partial charge is 0.220 e. The van der Waals surface area contributed by atoms with E-state index < -0.39 is 0 Å². The van der Waals surface area contributed by atoms with Crippen molar-refractivity contribution in [3.8, 4) is 0 Å². The van der Waals surface area contributed by atoms with Gasteiger partial charge in [0.25, 0.3) is 0 Å². The maximum atomic E-state index is 12.3. The monoisotopic (exact) mass is 356 g/mol. The minimum absolute atomic E-state index is 0.0517. The topological polar surface area (TPSA) is 59.8 Å². The van der Waals surface area contributed by atoms with Crippen molar-refractivity contribution >= 4 is 28.3 Å². The number of carbonyl (C=O) groups excluding carboxylic acids is 1. The molecule has 0 aliphatic rings. The molecule has 0 aliphatic carbocycles. The number of aromatic nitrogens is 3. The number of fused-ring (bicyclic) bond motifs is 1. The number of pyridine rings is 1. The van der Waals surface area contributed by atoms with Crippen molar-refractivity contribution in [1.82, 2.24) is 20.1 Å². The highest BCUT2D eigenvalue weighted by Crippen LogP contribution is 2.26. The van der Waals surface area contributed by atoms with Crippen LogP contribution in [-0.2, 0) is 18.3 Å². The molecule has 0 saturated carbocycles. The lowest BCUT2D eigenvalue weighted by Crippen LogP contribution is -2.26. The van der Waals surface area contributed by atoms with Crippen LogP contribution in [0.4, 0.5) is 0 Å². The number of hydrogen-bond acceptors (Lipinski definition) is 4. The zero-order valence-corrected chi connectivity index (χ0v) is 16.2. The highest BCUT2D eigenvalue weighted by molar-refractivity contribution is 7.10. The molecule has 5 nitrogen and oxygen atoms in total. The summed E-state index contributed by atoms with van der Waals surface area (Å²) in [4.78, 5) is 18.2. The highest BCUT2D eigenvalue weighted by Gasteiger charge is 2.17. The molecule has 3 rings (SSSR count). The second kappa shape index (κ2) is 6.96. The average molecular weight is 356 g/mol. The predicted octanol–water partition coefficient (Wildman–Crippen LogP) is 3.77. The van der Waals surface area contributed by atoms with Crippen LogP contribution in [0.25, 0.3) is 11.0 Å². The molecule has 0 fully saturated rings. The Hall–Kier alpha value is -2.21. The van der Waals surface area contributed by atoms with Crippen LogP contribution in [0.2, 0.25) is 0 Å². The van der Waals surface area contributed by atoms with E-state index in [1.54, 1.807) is 11.3 Å². The van der Waals surface area contributed by atoms with Gasteiger partial charge in [0.2, 0.25) is 5.91 Å². The van der Waals surface area contributed by atoms with E-state index in [0.29, 0.717) is 12.8 Å². The largest absolute Gasteiger partial charge is 0.349 e. The molecule has 3 heterocycles. The molecule has 0 saturated heterocycles. The summed E-state index contributed by atoms with van der Waals surface area (Å²) in [6.45, 7) is 8.14. The molecule has 1 amide bonds. The van der Waals surface area contributed by atoms with E-state index in [-0.39, 0.29) is 11.9 Å². The van der Waals surface area contributed by atoms with Gasteiger partial charge in [-0.05, 0) is 56.7 Å². The third-order valence-corrected chi connectivity index (χ3v) is 5.73. The van der Waals surface area contributed by atoms with Crippen LogP contribution in [0.5, 0.6) is 0 Å². The third kappa shape index (κ3) is 3.44. The molecule has 0 unspecified atom stereocenters. The molecule has 0 bridgehead atoms. The Balaban J connectivity index is 1.75. The summed E-state index contributed by atoms with van der Waals surface area (Å²) < 4.78 is 1.82. The molecule has 1 N–H and O–H groups in total. The van der Waals surface area contributed by atoms with Crippen molar-refractivity contribution in [2.75, 3.05) is 0 Å². The van der Waals surface area contributed by atoms with Crippen molar-refractivity contribution in [2.24, 2.45) is 7.05 Å². The van der Waals surface area contributed by atoms with Gasteiger partial charge >= 0.3 is 0 Å². The van der Waals surface area contributed by atoms with Crippen LogP contribution in [0.15, 0.2) is 17.5 Å². The number of nitrogens with zero attached hydrogens (tertiary/aromatic N) is 3. The summed E-state index contributed by atoms with van der Waals surface area (Å²) >= 11 is 1.66. The summed E-state index contributed by atoms with van der Waals surface area (Å²) in [5, 5.41) is 10.7. The normalized spacial score (nSPS) is 12.5. The van der Waals surface area contributed by atoms with Gasteiger partial charge in [-0.3, -0.25) is 9.48 Å². The standard InChI is InChI=1S/C19H24N4OS/c1-11-15(12(2)21-19-18(11)14(4)22-23(19)5)8-9-17(24)20-13(3)16-7-6-10-25-16/h6-7,10,13H,8-9H2,1-5H3,(H,20,24)/t13-/m1/s1. The summed E-state index contributed by atoms with van der Waals surface area (Å²) in [5.74, 6) is 0.0719. The number of amides is 1. The van der Waals surface area contributed by atoms with Gasteiger partial charge in [0.15, 0.2) is 5.65 Å². The molecule has 0 aromatic carbocycles. The van der Waals surface area contributed by atoms with Crippen LogP contribution >= 0.6 is 11.3 Å². The lowest BCUT2D eigenvalue weighted by Gasteiger charge is -2.14. The number of aryl methyl sites for hydroxylation is 4. The quantitative estimate of drug-likeness (QED) is 0.757. The first kappa shape index (κ1) is 17.6. The maximum absolute atomic E-state index is 12.3. The summed E-state index contributed by atoms with van der Waals surface area (Å²) in [6.07, 6.45) is 1.15. The van der Waals surface area contributed by atoms with Crippen LogP contribution in [-0.4, -0.2) is 20.7 Å². The van der Waals surface area contributed by atoms with Crippen molar-refractivity contribution in [2.45, 2.75) is 46.6 Å². The molecule has 1 atom stereocenters. The van der Waals surface area contributed by atoms with Gasteiger partial charge < -0.3 is 5.32 Å². The first-order valence-corrected chi connectivity index (χ1v) is 9.38. The molecule has 6 heteroatoms. The molecule has 3 aromatic rings. The Morgan fingerprint density at radius 3 is 2.76 bits per heavy atom. The molecule has 0 radical (unpaired) electrons. The zero-order chi connectivity index (χ0) is 18.1. The predicted molar refractivity (Wildman–Crippen MR) is 102 cm³/mol. The van der Waals surface area contributed by atoms with Gasteiger partial charge in [-0.2, -0.15) is 5.10 Å². The van der Waals surface area contributed by atoms with E-state index in [0.717, 1.165) is 28.0 Å². The van der Waals surface area contributed by atoms with Gasteiger partial charge in [0, 0.05) is 29.4 Å². The van der Waals surface area contributed by atoms with Crippen LogP contribution in [0.1, 0.15) is 46.8 Å². The Morgan fingerprint density at radius 1 is 1.32 bits per heavy atom. The molecule has 25 heavy (non-hydrogen) atoms. The molecule has 0 aliphatic heterocycles. The fourth-order valence-corrected chi connectivity index (χ4v) is 4.13. The van der Waals surface area contributed by atoms with E-state index >= 15 is 0 Å². The highest BCUT2D eigenvalue weighted by atomic mass is 32.1. The van der Waals surface area contributed by atoms with Gasteiger partial charge in [-0.15, -0.1) is 11.3 Å². The lowest BCUT2D eigenvalue weighted by molar-refractivity contribution is -0.121. The second-order valence-electron chi connectivity index (χ2n) is 6.51. The van der Waals surface area contributed by atoms with Crippen LogP contribution in [0.3, 0.4) is 0 Å². The van der Waals surface area contributed by atoms with E-state index in [1.165, 1.54) is 10.4 Å². The molecular formula is C19H24N4OS. The van der Waals surface area contributed by atoms with Crippen LogP contribution in [0, 0.1) is 20.8 Å². The fourth-order valence-electron chi connectivity index (χ4n) is 3.39. The molecule has 3 aromatic heterocycles. The third-order valence-electron chi connectivity index (χ3n) is 4.68. The number of carbonyl (C=O) groups is 1. The summed E-state index contributed by atoms with van der Waals surface area (Å²) in [7, 11) is 1.92. The number of hydrogen-bond donors (Lipinski definition) is 1. The Kier molecular flexibility index (Phi) is 4.90. The van der Waals surface area contributed by atoms with Gasteiger partial charge in [0.05, 0.1) is 11.7 Å². The Morgan fingerprint density at radius 2 is 2.08 bits per heavy atom. The number of thiophene rings is 1. The number of nitrogens with one attached hydrogen (secondary N) is 1. The Bertz CT molecular complexity index is 912. The number of rotatable bonds is 5. The van der Waals surface area contributed by atoms with E-state index in [2.05, 4.69) is 17.3 Å². The average Bonchev–Trinajstić information content (AvgIpc) is 3.16. The van der Waals surface area contributed by atoms with Crippen molar-refractivity contribution in [1.29, 1.82) is 0 Å². The van der Waals surface area contributed by atoms with Gasteiger partial charge in [0.1, 0.15) is 0 Å².